The highest BCUT2D eigenvalue weighted by molar-refractivity contribution is 5.78. The van der Waals surface area contributed by atoms with E-state index in [1.54, 1.807) is 6.20 Å². The topological polar surface area (TPSA) is 97.3 Å². The van der Waals surface area contributed by atoms with Crippen molar-refractivity contribution in [3.63, 3.8) is 0 Å². The third-order valence-corrected chi connectivity index (χ3v) is 4.32. The number of rotatable bonds is 6. The number of aromatic nitrogens is 3. The van der Waals surface area contributed by atoms with Gasteiger partial charge in [-0.2, -0.15) is 13.2 Å². The lowest BCUT2D eigenvalue weighted by Crippen LogP contribution is -2.21. The molecule has 0 aliphatic heterocycles. The number of hydrogen-bond acceptors (Lipinski definition) is 5. The Balaban J connectivity index is 0.000000406. The summed E-state index contributed by atoms with van der Waals surface area (Å²) in [4.78, 5) is 21.1. The molecule has 0 spiro atoms. The van der Waals surface area contributed by atoms with Crippen molar-refractivity contribution in [3.8, 4) is 22.9 Å². The monoisotopic (exact) mass is 473 g/mol. The SMILES string of the molecule is CC(C)Oc1ccc(OCc2ccccc2)cc1-c1nc2ncccc2[nH]1.O=C(O)C(F)(F)F. The Kier molecular flexibility index (Phi) is 7.72. The maximum atomic E-state index is 10.6. The molecule has 0 bridgehead atoms. The molecule has 0 unspecified atom stereocenters. The van der Waals surface area contributed by atoms with Crippen LogP contribution in [0, 0.1) is 0 Å². The first-order valence-corrected chi connectivity index (χ1v) is 10.2. The summed E-state index contributed by atoms with van der Waals surface area (Å²) in [5.74, 6) is -0.522. The number of halogens is 3. The Hall–Kier alpha value is -4.08. The second kappa shape index (κ2) is 10.7. The zero-order valence-electron chi connectivity index (χ0n) is 18.3. The minimum Gasteiger partial charge on any atom is -0.490 e. The predicted octanol–water partition coefficient (Wildman–Crippen LogP) is 5.62. The minimum absolute atomic E-state index is 0.0577. The molecule has 34 heavy (non-hydrogen) atoms. The van der Waals surface area contributed by atoms with E-state index in [0.717, 1.165) is 28.1 Å². The Labute approximate surface area is 193 Å². The Morgan fingerprint density at radius 2 is 1.79 bits per heavy atom. The van der Waals surface area contributed by atoms with Crippen LogP contribution in [-0.2, 0) is 11.4 Å². The van der Waals surface area contributed by atoms with Crippen LogP contribution in [0.4, 0.5) is 13.2 Å². The number of hydrogen-bond donors (Lipinski definition) is 2. The molecule has 0 saturated heterocycles. The van der Waals surface area contributed by atoms with E-state index in [2.05, 4.69) is 15.0 Å². The van der Waals surface area contributed by atoms with Crippen LogP contribution in [-0.4, -0.2) is 38.3 Å². The van der Waals surface area contributed by atoms with Gasteiger partial charge in [-0.1, -0.05) is 30.3 Å². The molecule has 0 radical (unpaired) electrons. The first-order valence-electron chi connectivity index (χ1n) is 10.2. The fourth-order valence-electron chi connectivity index (χ4n) is 2.85. The number of H-pyrrole nitrogens is 1. The third kappa shape index (κ3) is 6.71. The molecular weight excluding hydrogens is 451 g/mol. The van der Waals surface area contributed by atoms with Crippen molar-refractivity contribution >= 4 is 17.1 Å². The van der Waals surface area contributed by atoms with Crippen molar-refractivity contribution in [2.45, 2.75) is 32.7 Å². The number of pyridine rings is 1. The first-order chi connectivity index (χ1) is 16.1. The van der Waals surface area contributed by atoms with Gasteiger partial charge in [-0.3, -0.25) is 0 Å². The Bertz CT molecular complexity index is 1210. The highest BCUT2D eigenvalue weighted by atomic mass is 19.4. The quantitative estimate of drug-likeness (QED) is 0.377. The average Bonchev–Trinajstić information content (AvgIpc) is 3.22. The molecule has 2 heterocycles. The van der Waals surface area contributed by atoms with Gasteiger partial charge in [-0.25, -0.2) is 14.8 Å². The molecule has 2 aromatic carbocycles. The van der Waals surface area contributed by atoms with Crippen LogP contribution >= 0.6 is 0 Å². The van der Waals surface area contributed by atoms with Crippen molar-refractivity contribution in [1.82, 2.24) is 15.0 Å². The zero-order chi connectivity index (χ0) is 24.7. The zero-order valence-corrected chi connectivity index (χ0v) is 18.3. The molecule has 0 aliphatic carbocycles. The highest BCUT2D eigenvalue weighted by Crippen LogP contribution is 2.33. The molecule has 7 nitrogen and oxygen atoms in total. The van der Waals surface area contributed by atoms with Gasteiger partial charge >= 0.3 is 12.1 Å². The molecule has 0 aliphatic rings. The predicted molar refractivity (Wildman–Crippen MR) is 120 cm³/mol. The molecule has 0 fully saturated rings. The van der Waals surface area contributed by atoms with Gasteiger partial charge in [0, 0.05) is 6.20 Å². The van der Waals surface area contributed by atoms with Gasteiger partial charge in [0.1, 0.15) is 23.9 Å². The van der Waals surface area contributed by atoms with E-state index in [4.69, 9.17) is 19.4 Å². The average molecular weight is 473 g/mol. The van der Waals surface area contributed by atoms with Gasteiger partial charge in [-0.15, -0.1) is 0 Å². The maximum Gasteiger partial charge on any atom is 0.490 e. The minimum atomic E-state index is -5.08. The fourth-order valence-corrected chi connectivity index (χ4v) is 2.85. The second-order valence-corrected chi connectivity index (χ2v) is 7.36. The first kappa shape index (κ1) is 24.6. The van der Waals surface area contributed by atoms with Gasteiger partial charge in [0.2, 0.25) is 0 Å². The number of imidazole rings is 1. The van der Waals surface area contributed by atoms with Crippen molar-refractivity contribution < 1.29 is 32.5 Å². The van der Waals surface area contributed by atoms with Gasteiger partial charge in [0.05, 0.1) is 17.2 Å². The van der Waals surface area contributed by atoms with Crippen LogP contribution in [0.25, 0.3) is 22.6 Å². The molecule has 0 saturated carbocycles. The number of fused-ring (bicyclic) bond motifs is 1. The molecule has 0 atom stereocenters. The molecule has 4 aromatic rings. The molecule has 0 amide bonds. The van der Waals surface area contributed by atoms with E-state index in [9.17, 15) is 13.2 Å². The Morgan fingerprint density at radius 1 is 1.09 bits per heavy atom. The lowest BCUT2D eigenvalue weighted by molar-refractivity contribution is -0.192. The molecule has 4 rings (SSSR count). The molecular formula is C24H22F3N3O4. The number of aliphatic carboxylic acids is 1. The fraction of sp³-hybridized carbons (Fsp3) is 0.208. The van der Waals surface area contributed by atoms with Crippen LogP contribution in [0.2, 0.25) is 0 Å². The number of nitrogens with zero attached hydrogens (tertiary/aromatic N) is 2. The number of nitrogens with one attached hydrogen (secondary N) is 1. The number of ether oxygens (including phenoxy) is 2. The standard InChI is InChI=1S/C22H21N3O2.C2HF3O2/c1-15(2)27-20-11-10-17(26-14-16-7-4-3-5-8-16)13-18(20)21-24-19-9-6-12-23-22(19)25-21;3-2(4,5)1(6)7/h3-13,15H,14H2,1-2H3,(H,23,24,25);(H,6,7). The van der Waals surface area contributed by atoms with Crippen LogP contribution in [0.5, 0.6) is 11.5 Å². The summed E-state index contributed by atoms with van der Waals surface area (Å²) < 4.78 is 43.7. The van der Waals surface area contributed by atoms with Crippen LogP contribution in [0.3, 0.4) is 0 Å². The number of carboxylic acids is 1. The number of alkyl halides is 3. The summed E-state index contributed by atoms with van der Waals surface area (Å²) in [5, 5.41) is 7.12. The maximum absolute atomic E-state index is 10.6. The largest absolute Gasteiger partial charge is 0.490 e. The highest BCUT2D eigenvalue weighted by Gasteiger charge is 2.38. The van der Waals surface area contributed by atoms with Crippen molar-refractivity contribution in [1.29, 1.82) is 0 Å². The molecule has 178 valence electrons. The third-order valence-electron chi connectivity index (χ3n) is 4.32. The second-order valence-electron chi connectivity index (χ2n) is 7.36. The van der Waals surface area contributed by atoms with Gasteiger partial charge in [-0.05, 0) is 49.7 Å². The summed E-state index contributed by atoms with van der Waals surface area (Å²) in [6, 6.07) is 19.7. The van der Waals surface area contributed by atoms with Crippen LogP contribution in [0.15, 0.2) is 66.9 Å². The summed E-state index contributed by atoms with van der Waals surface area (Å²) in [6.07, 6.45) is -3.29. The van der Waals surface area contributed by atoms with E-state index >= 15 is 0 Å². The van der Waals surface area contributed by atoms with Gasteiger partial charge in [0.25, 0.3) is 0 Å². The van der Waals surface area contributed by atoms with Crippen LogP contribution < -0.4 is 9.47 Å². The molecule has 10 heteroatoms. The van der Waals surface area contributed by atoms with Crippen molar-refractivity contribution in [2.75, 3.05) is 0 Å². The van der Waals surface area contributed by atoms with Crippen molar-refractivity contribution in [3.05, 3.63) is 72.4 Å². The summed E-state index contributed by atoms with van der Waals surface area (Å²) in [6.45, 7) is 4.51. The van der Waals surface area contributed by atoms with E-state index in [-0.39, 0.29) is 6.10 Å². The molecule has 2 N–H and O–H groups in total. The van der Waals surface area contributed by atoms with E-state index in [0.29, 0.717) is 18.1 Å². The number of aromatic amines is 1. The van der Waals surface area contributed by atoms with E-state index in [1.165, 1.54) is 0 Å². The summed E-state index contributed by atoms with van der Waals surface area (Å²) in [5.41, 5.74) is 3.54. The number of carboxylic acid groups (broad SMARTS) is 1. The van der Waals surface area contributed by atoms with Gasteiger partial charge < -0.3 is 19.6 Å². The van der Waals surface area contributed by atoms with E-state index in [1.807, 2.05) is 74.5 Å². The number of benzene rings is 2. The van der Waals surface area contributed by atoms with Crippen molar-refractivity contribution in [2.24, 2.45) is 0 Å². The van der Waals surface area contributed by atoms with Gasteiger partial charge in [0.15, 0.2) is 5.65 Å². The number of carbonyl (C=O) groups is 1. The summed E-state index contributed by atoms with van der Waals surface area (Å²) in [7, 11) is 0. The van der Waals surface area contributed by atoms with E-state index < -0.39 is 12.1 Å². The normalized spacial score (nSPS) is 11.1. The van der Waals surface area contributed by atoms with Crippen LogP contribution in [0.1, 0.15) is 19.4 Å². The lowest BCUT2D eigenvalue weighted by atomic mass is 10.1. The lowest BCUT2D eigenvalue weighted by Gasteiger charge is -2.15. The summed E-state index contributed by atoms with van der Waals surface area (Å²) >= 11 is 0. The smallest absolute Gasteiger partial charge is 0.490 e. The molecule has 2 aromatic heterocycles. The Morgan fingerprint density at radius 3 is 2.41 bits per heavy atom.